The van der Waals surface area contributed by atoms with Gasteiger partial charge in [-0.05, 0) is 74.5 Å². The van der Waals surface area contributed by atoms with Crippen molar-refractivity contribution >= 4 is 5.57 Å². The standard InChI is InChI=1S/C22H31N/c1-5-12-18(4)21(6-2)19-13-11-14-20(17-19)22(7-3)23-15-9-8-10-16-23/h5-6,11-14,17,22H,2,7-10,15-16H2,1,3-4H3/b12-5-,21-18+. The van der Waals surface area contributed by atoms with Crippen molar-refractivity contribution in [1.29, 1.82) is 0 Å². The lowest BCUT2D eigenvalue weighted by molar-refractivity contribution is 0.159. The van der Waals surface area contributed by atoms with E-state index in [2.05, 4.69) is 68.7 Å². The van der Waals surface area contributed by atoms with Gasteiger partial charge in [-0.2, -0.15) is 0 Å². The zero-order valence-electron chi connectivity index (χ0n) is 15.0. The minimum Gasteiger partial charge on any atom is -0.296 e. The van der Waals surface area contributed by atoms with E-state index >= 15 is 0 Å². The molecule has 0 N–H and O–H groups in total. The van der Waals surface area contributed by atoms with Gasteiger partial charge < -0.3 is 0 Å². The molecule has 0 aromatic heterocycles. The van der Waals surface area contributed by atoms with E-state index in [1.54, 1.807) is 0 Å². The quantitative estimate of drug-likeness (QED) is 0.569. The third kappa shape index (κ3) is 4.45. The summed E-state index contributed by atoms with van der Waals surface area (Å²) in [4.78, 5) is 2.67. The van der Waals surface area contributed by atoms with Gasteiger partial charge >= 0.3 is 0 Å². The first kappa shape index (κ1) is 17.7. The second kappa shape index (κ2) is 8.88. The maximum Gasteiger partial charge on any atom is 0.0345 e. The fraction of sp³-hybridized carbons (Fsp3) is 0.455. The summed E-state index contributed by atoms with van der Waals surface area (Å²) in [6.07, 6.45) is 11.5. The molecule has 0 amide bonds. The first-order valence-electron chi connectivity index (χ1n) is 9.01. The molecule has 1 fully saturated rings. The summed E-state index contributed by atoms with van der Waals surface area (Å²) < 4.78 is 0. The number of hydrogen-bond donors (Lipinski definition) is 0. The lowest BCUT2D eigenvalue weighted by atomic mass is 9.94. The number of nitrogens with zero attached hydrogens (tertiary/aromatic N) is 1. The van der Waals surface area contributed by atoms with Crippen LogP contribution >= 0.6 is 0 Å². The molecular weight excluding hydrogens is 278 g/mol. The van der Waals surface area contributed by atoms with Gasteiger partial charge in [-0.1, -0.05) is 56.4 Å². The van der Waals surface area contributed by atoms with Gasteiger partial charge in [0.05, 0.1) is 0 Å². The molecule has 124 valence electrons. The molecule has 23 heavy (non-hydrogen) atoms. The number of rotatable bonds is 6. The van der Waals surface area contributed by atoms with E-state index in [1.165, 1.54) is 61.0 Å². The fourth-order valence-corrected chi connectivity index (χ4v) is 3.69. The second-order valence-electron chi connectivity index (χ2n) is 6.45. The molecule has 2 rings (SSSR count). The molecule has 0 saturated carbocycles. The molecule has 1 aliphatic heterocycles. The van der Waals surface area contributed by atoms with E-state index in [-0.39, 0.29) is 0 Å². The molecule has 1 aromatic rings. The van der Waals surface area contributed by atoms with Crippen LogP contribution < -0.4 is 0 Å². The van der Waals surface area contributed by atoms with Crippen molar-refractivity contribution in [3.63, 3.8) is 0 Å². The minimum atomic E-state index is 0.545. The zero-order chi connectivity index (χ0) is 16.7. The van der Waals surface area contributed by atoms with Crippen molar-refractivity contribution in [1.82, 2.24) is 4.90 Å². The van der Waals surface area contributed by atoms with E-state index in [0.29, 0.717) is 6.04 Å². The van der Waals surface area contributed by atoms with Crippen molar-refractivity contribution in [2.24, 2.45) is 0 Å². The highest BCUT2D eigenvalue weighted by Crippen LogP contribution is 2.30. The van der Waals surface area contributed by atoms with Crippen LogP contribution in [0.15, 0.2) is 54.6 Å². The maximum atomic E-state index is 4.02. The Morgan fingerprint density at radius 1 is 1.26 bits per heavy atom. The predicted octanol–water partition coefficient (Wildman–Crippen LogP) is 6.16. The summed E-state index contributed by atoms with van der Waals surface area (Å²) in [6, 6.07) is 9.61. The molecule has 1 aromatic carbocycles. The largest absolute Gasteiger partial charge is 0.296 e. The van der Waals surface area contributed by atoms with Crippen LogP contribution in [0.2, 0.25) is 0 Å². The molecule has 1 unspecified atom stereocenters. The normalized spacial score (nSPS) is 18.7. The number of hydrogen-bond acceptors (Lipinski definition) is 1. The summed E-state index contributed by atoms with van der Waals surface area (Å²) in [7, 11) is 0. The van der Waals surface area contributed by atoms with Gasteiger partial charge in [-0.3, -0.25) is 4.90 Å². The van der Waals surface area contributed by atoms with Gasteiger partial charge in [0.15, 0.2) is 0 Å². The summed E-state index contributed by atoms with van der Waals surface area (Å²) >= 11 is 0. The van der Waals surface area contributed by atoms with Crippen molar-refractivity contribution in [3.8, 4) is 0 Å². The van der Waals surface area contributed by atoms with E-state index in [4.69, 9.17) is 0 Å². The number of allylic oxidation sites excluding steroid dienone is 5. The summed E-state index contributed by atoms with van der Waals surface area (Å²) in [6.45, 7) is 13.0. The highest BCUT2D eigenvalue weighted by Gasteiger charge is 2.21. The molecule has 1 nitrogen and oxygen atoms in total. The van der Waals surface area contributed by atoms with Crippen molar-refractivity contribution in [2.75, 3.05) is 13.1 Å². The van der Waals surface area contributed by atoms with E-state index < -0.39 is 0 Å². The van der Waals surface area contributed by atoms with Gasteiger partial charge in [0, 0.05) is 6.04 Å². The Kier molecular flexibility index (Phi) is 6.85. The van der Waals surface area contributed by atoms with Crippen LogP contribution in [0.1, 0.15) is 63.6 Å². The van der Waals surface area contributed by atoms with Gasteiger partial charge in [0.25, 0.3) is 0 Å². The lowest BCUT2D eigenvalue weighted by Gasteiger charge is -2.34. The molecule has 1 saturated heterocycles. The van der Waals surface area contributed by atoms with Crippen LogP contribution in [0.5, 0.6) is 0 Å². The van der Waals surface area contributed by atoms with Crippen molar-refractivity contribution in [2.45, 2.75) is 52.5 Å². The molecule has 1 heteroatoms. The molecule has 0 aliphatic carbocycles. The molecule has 1 heterocycles. The Morgan fingerprint density at radius 2 is 2.00 bits per heavy atom. The Bertz CT molecular complexity index is 573. The van der Waals surface area contributed by atoms with Crippen molar-refractivity contribution in [3.05, 3.63) is 65.8 Å². The summed E-state index contributed by atoms with van der Waals surface area (Å²) in [5, 5.41) is 0. The van der Waals surface area contributed by atoms with Gasteiger partial charge in [0.2, 0.25) is 0 Å². The average molecular weight is 309 g/mol. The SMILES string of the molecule is C=C/C(=C(C)\C=C/C)c1cccc(C(CC)N2CCCCC2)c1. The van der Waals surface area contributed by atoms with Crippen LogP contribution in [0.3, 0.4) is 0 Å². The molecule has 1 aliphatic rings. The fourth-order valence-electron chi connectivity index (χ4n) is 3.69. The summed E-state index contributed by atoms with van der Waals surface area (Å²) in [5.74, 6) is 0. The van der Waals surface area contributed by atoms with E-state index in [1.807, 2.05) is 6.08 Å². The maximum absolute atomic E-state index is 4.02. The zero-order valence-corrected chi connectivity index (χ0v) is 15.0. The predicted molar refractivity (Wildman–Crippen MR) is 103 cm³/mol. The molecule has 1 atom stereocenters. The first-order valence-corrected chi connectivity index (χ1v) is 9.01. The second-order valence-corrected chi connectivity index (χ2v) is 6.45. The van der Waals surface area contributed by atoms with Crippen LogP contribution in [0.25, 0.3) is 5.57 Å². The minimum absolute atomic E-state index is 0.545. The number of benzene rings is 1. The van der Waals surface area contributed by atoms with Gasteiger partial charge in [-0.15, -0.1) is 0 Å². The number of piperidine rings is 1. The van der Waals surface area contributed by atoms with Crippen LogP contribution in [0, 0.1) is 0 Å². The Labute approximate surface area is 142 Å². The lowest BCUT2D eigenvalue weighted by Crippen LogP contribution is -2.33. The summed E-state index contributed by atoms with van der Waals surface area (Å²) in [5.41, 5.74) is 5.23. The van der Waals surface area contributed by atoms with Crippen LogP contribution in [-0.4, -0.2) is 18.0 Å². The number of likely N-dealkylation sites (tertiary alicyclic amines) is 1. The Morgan fingerprint density at radius 3 is 2.61 bits per heavy atom. The Hall–Kier alpha value is -1.60. The smallest absolute Gasteiger partial charge is 0.0345 e. The highest BCUT2D eigenvalue weighted by molar-refractivity contribution is 5.78. The highest BCUT2D eigenvalue weighted by atomic mass is 15.2. The third-order valence-electron chi connectivity index (χ3n) is 4.85. The first-order chi connectivity index (χ1) is 11.2. The molecule has 0 radical (unpaired) electrons. The molecule has 0 bridgehead atoms. The third-order valence-corrected chi connectivity index (χ3v) is 4.85. The van der Waals surface area contributed by atoms with Gasteiger partial charge in [-0.25, -0.2) is 0 Å². The monoisotopic (exact) mass is 309 g/mol. The van der Waals surface area contributed by atoms with Crippen LogP contribution in [0.4, 0.5) is 0 Å². The van der Waals surface area contributed by atoms with E-state index in [0.717, 1.165) is 0 Å². The topological polar surface area (TPSA) is 3.24 Å². The van der Waals surface area contributed by atoms with E-state index in [9.17, 15) is 0 Å². The van der Waals surface area contributed by atoms with Crippen molar-refractivity contribution < 1.29 is 0 Å². The van der Waals surface area contributed by atoms with Crippen LogP contribution in [-0.2, 0) is 0 Å². The average Bonchev–Trinajstić information content (AvgIpc) is 2.58. The molecule has 0 spiro atoms. The van der Waals surface area contributed by atoms with Gasteiger partial charge in [0.1, 0.15) is 0 Å². The molecular formula is C22H31N. The Balaban J connectivity index is 2.34.